The topological polar surface area (TPSA) is 40.6 Å². The Hall–Kier alpha value is -1.11. The van der Waals surface area contributed by atoms with Gasteiger partial charge in [-0.2, -0.15) is 0 Å². The molecule has 2 heterocycles. The maximum absolute atomic E-state index is 12.2. The van der Waals surface area contributed by atoms with E-state index in [0.717, 1.165) is 29.7 Å². The predicted octanol–water partition coefficient (Wildman–Crippen LogP) is 3.08. The third-order valence-electron chi connectivity index (χ3n) is 2.93. The van der Waals surface area contributed by atoms with Gasteiger partial charge in [-0.3, -0.25) is 19.4 Å². The molecule has 19 heavy (non-hydrogen) atoms. The second-order valence-corrected chi connectivity index (χ2v) is 6.04. The normalized spacial score (nSPS) is 18.1. The lowest BCUT2D eigenvalue weighted by Gasteiger charge is -2.23. The molecule has 0 N–H and O–H groups in total. The molecule has 0 atom stereocenters. The average Bonchev–Trinajstić information content (AvgIpc) is 2.99. The number of carbonyl (C=O) groups excluding carboxylic acids is 2. The van der Waals surface area contributed by atoms with E-state index in [0.29, 0.717) is 11.6 Å². The summed E-state index contributed by atoms with van der Waals surface area (Å²) in [6.45, 7) is 6.05. The minimum Gasteiger partial charge on any atom is -0.286 e. The van der Waals surface area contributed by atoms with Crippen molar-refractivity contribution >= 4 is 40.3 Å². The smallest absolute Gasteiger partial charge is 0.286 e. The number of hydrogen-bond donors (Lipinski definition) is 0. The molecule has 0 aliphatic carbocycles. The number of imide groups is 1. The number of thioether (sulfide) groups is 1. The predicted molar refractivity (Wildman–Crippen MR) is 79.9 cm³/mol. The van der Waals surface area contributed by atoms with Gasteiger partial charge in [0.1, 0.15) is 0 Å². The van der Waals surface area contributed by atoms with Crippen LogP contribution in [0.5, 0.6) is 0 Å². The number of nitrogens with zero attached hydrogens (tertiary/aromatic N) is 2. The molecule has 1 aromatic heterocycles. The van der Waals surface area contributed by atoms with E-state index in [2.05, 4.69) is 0 Å². The van der Waals surface area contributed by atoms with Gasteiger partial charge in [0.15, 0.2) is 0 Å². The molecule has 0 saturated carbocycles. The molecule has 102 valence electrons. The van der Waals surface area contributed by atoms with Crippen LogP contribution in [0.2, 0.25) is 0 Å². The van der Waals surface area contributed by atoms with Gasteiger partial charge in [-0.25, -0.2) is 0 Å². The van der Waals surface area contributed by atoms with Crippen LogP contribution >= 0.6 is 23.1 Å². The van der Waals surface area contributed by atoms with E-state index in [1.54, 1.807) is 17.4 Å². The van der Waals surface area contributed by atoms with E-state index in [1.165, 1.54) is 4.90 Å². The van der Waals surface area contributed by atoms with E-state index in [4.69, 9.17) is 0 Å². The van der Waals surface area contributed by atoms with E-state index >= 15 is 0 Å². The fraction of sp³-hybridized carbons (Fsp3) is 0.385. The van der Waals surface area contributed by atoms with Crippen molar-refractivity contribution in [2.45, 2.75) is 13.8 Å². The molecule has 0 aromatic carbocycles. The third-order valence-corrected chi connectivity index (χ3v) is 4.65. The van der Waals surface area contributed by atoms with Crippen LogP contribution in [0.3, 0.4) is 0 Å². The molecule has 1 aliphatic rings. The Labute approximate surface area is 121 Å². The number of thiophene rings is 1. The standard InChI is InChI=1S/C13H16N2O2S2/c1-3-14(4-2)9-15-12(16)11(19-13(15)17)8-10-6-5-7-18-10/h5-8H,3-4,9H2,1-2H3. The summed E-state index contributed by atoms with van der Waals surface area (Å²) in [7, 11) is 0. The van der Waals surface area contributed by atoms with Crippen molar-refractivity contribution in [1.29, 1.82) is 0 Å². The Morgan fingerprint density at radius 1 is 1.32 bits per heavy atom. The first-order chi connectivity index (χ1) is 9.15. The highest BCUT2D eigenvalue weighted by Crippen LogP contribution is 2.32. The molecule has 0 unspecified atom stereocenters. The first-order valence-corrected chi connectivity index (χ1v) is 7.86. The summed E-state index contributed by atoms with van der Waals surface area (Å²) in [5.41, 5.74) is 0. The molecule has 4 nitrogen and oxygen atoms in total. The van der Waals surface area contributed by atoms with Crippen molar-refractivity contribution in [3.05, 3.63) is 27.3 Å². The lowest BCUT2D eigenvalue weighted by Crippen LogP contribution is -2.40. The van der Waals surface area contributed by atoms with Crippen molar-refractivity contribution in [1.82, 2.24) is 9.80 Å². The number of carbonyl (C=O) groups is 2. The van der Waals surface area contributed by atoms with Crippen molar-refractivity contribution in [3.8, 4) is 0 Å². The Morgan fingerprint density at radius 2 is 2.05 bits per heavy atom. The van der Waals surface area contributed by atoms with Crippen LogP contribution in [-0.2, 0) is 4.79 Å². The van der Waals surface area contributed by atoms with Crippen LogP contribution in [0, 0.1) is 0 Å². The maximum atomic E-state index is 12.2. The molecule has 1 aromatic rings. The van der Waals surface area contributed by atoms with E-state index in [-0.39, 0.29) is 11.1 Å². The first kappa shape index (κ1) is 14.3. The Morgan fingerprint density at radius 3 is 2.63 bits per heavy atom. The molecular formula is C13H16N2O2S2. The van der Waals surface area contributed by atoms with Gasteiger partial charge in [-0.15, -0.1) is 11.3 Å². The molecular weight excluding hydrogens is 280 g/mol. The molecule has 2 rings (SSSR count). The van der Waals surface area contributed by atoms with Gasteiger partial charge in [-0.1, -0.05) is 19.9 Å². The van der Waals surface area contributed by atoms with Crippen molar-refractivity contribution < 1.29 is 9.59 Å². The van der Waals surface area contributed by atoms with Gasteiger partial charge in [0.2, 0.25) is 0 Å². The highest BCUT2D eigenvalue weighted by molar-refractivity contribution is 8.18. The molecule has 0 bridgehead atoms. The van der Waals surface area contributed by atoms with Crippen molar-refractivity contribution in [3.63, 3.8) is 0 Å². The van der Waals surface area contributed by atoms with Crippen molar-refractivity contribution in [2.24, 2.45) is 0 Å². The fourth-order valence-electron chi connectivity index (χ4n) is 1.75. The highest BCUT2D eigenvalue weighted by Gasteiger charge is 2.35. The minimum atomic E-state index is -0.185. The van der Waals surface area contributed by atoms with Crippen LogP contribution in [0.15, 0.2) is 22.4 Å². The Bertz CT molecular complexity index is 493. The SMILES string of the molecule is CCN(CC)CN1C(=O)SC(=Cc2cccs2)C1=O. The van der Waals surface area contributed by atoms with E-state index in [9.17, 15) is 9.59 Å². The molecule has 6 heteroatoms. The van der Waals surface area contributed by atoms with Gasteiger partial charge in [-0.05, 0) is 42.4 Å². The average molecular weight is 296 g/mol. The molecule has 0 spiro atoms. The highest BCUT2D eigenvalue weighted by atomic mass is 32.2. The Balaban J connectivity index is 2.12. The second-order valence-electron chi connectivity index (χ2n) is 4.07. The van der Waals surface area contributed by atoms with Crippen LogP contribution in [0.4, 0.5) is 4.79 Å². The fourth-order valence-corrected chi connectivity index (χ4v) is 3.30. The first-order valence-electron chi connectivity index (χ1n) is 6.17. The molecule has 0 radical (unpaired) electrons. The molecule has 1 fully saturated rings. The largest absolute Gasteiger partial charge is 0.294 e. The monoisotopic (exact) mass is 296 g/mol. The number of amides is 2. The molecule has 2 amide bonds. The second kappa shape index (κ2) is 6.36. The van der Waals surface area contributed by atoms with Gasteiger partial charge in [0.05, 0.1) is 11.6 Å². The lowest BCUT2D eigenvalue weighted by molar-refractivity contribution is -0.124. The zero-order valence-corrected chi connectivity index (χ0v) is 12.6. The summed E-state index contributed by atoms with van der Waals surface area (Å²) >= 11 is 2.58. The van der Waals surface area contributed by atoms with E-state index < -0.39 is 0 Å². The summed E-state index contributed by atoms with van der Waals surface area (Å²) < 4.78 is 0. The van der Waals surface area contributed by atoms with Crippen LogP contribution in [-0.4, -0.2) is 40.7 Å². The quantitative estimate of drug-likeness (QED) is 0.783. The van der Waals surface area contributed by atoms with Crippen LogP contribution < -0.4 is 0 Å². The Kier molecular flexibility index (Phi) is 4.79. The summed E-state index contributed by atoms with van der Waals surface area (Å²) in [5, 5.41) is 1.77. The van der Waals surface area contributed by atoms with Gasteiger partial charge < -0.3 is 0 Å². The molecule has 1 aliphatic heterocycles. The molecule has 1 saturated heterocycles. The van der Waals surface area contributed by atoms with Gasteiger partial charge in [0.25, 0.3) is 11.1 Å². The lowest BCUT2D eigenvalue weighted by atomic mass is 10.4. The number of hydrogen-bond acceptors (Lipinski definition) is 5. The van der Waals surface area contributed by atoms with Gasteiger partial charge in [0, 0.05) is 4.88 Å². The summed E-state index contributed by atoms with van der Waals surface area (Å²) in [6, 6.07) is 3.86. The maximum Gasteiger partial charge on any atom is 0.294 e. The zero-order valence-electron chi connectivity index (χ0n) is 11.0. The van der Waals surface area contributed by atoms with Gasteiger partial charge >= 0.3 is 0 Å². The third kappa shape index (κ3) is 3.26. The van der Waals surface area contributed by atoms with Crippen LogP contribution in [0.1, 0.15) is 18.7 Å². The zero-order chi connectivity index (χ0) is 13.8. The summed E-state index contributed by atoms with van der Waals surface area (Å²) in [5.74, 6) is -0.185. The van der Waals surface area contributed by atoms with Crippen molar-refractivity contribution in [2.75, 3.05) is 19.8 Å². The minimum absolute atomic E-state index is 0.181. The summed E-state index contributed by atoms with van der Waals surface area (Å²) in [6.07, 6.45) is 1.79. The van der Waals surface area contributed by atoms with E-state index in [1.807, 2.05) is 36.3 Å². The number of rotatable bonds is 5. The van der Waals surface area contributed by atoms with Crippen LogP contribution in [0.25, 0.3) is 6.08 Å². The summed E-state index contributed by atoms with van der Waals surface area (Å²) in [4.78, 5) is 29.0.